The van der Waals surface area contributed by atoms with E-state index in [1.54, 1.807) is 35.2 Å². The van der Waals surface area contributed by atoms with Crippen molar-refractivity contribution in [1.82, 2.24) is 15.2 Å². The van der Waals surface area contributed by atoms with Crippen LogP contribution in [0, 0.1) is 0 Å². The number of pyridine rings is 1. The highest BCUT2D eigenvalue weighted by Crippen LogP contribution is 2.37. The van der Waals surface area contributed by atoms with Gasteiger partial charge in [0, 0.05) is 16.7 Å². The Morgan fingerprint density at radius 1 is 1.00 bits per heavy atom. The minimum atomic E-state index is -2.86. The molecule has 0 radical (unpaired) electrons. The van der Waals surface area contributed by atoms with E-state index in [0.29, 0.717) is 34.2 Å². The number of fused-ring (bicyclic) bond motifs is 1. The van der Waals surface area contributed by atoms with Crippen LogP contribution < -0.4 is 4.90 Å². The van der Waals surface area contributed by atoms with Gasteiger partial charge in [-0.3, -0.25) is 4.79 Å². The zero-order valence-electron chi connectivity index (χ0n) is 15.8. The number of carbonyl (C=O) groups is 1. The first kappa shape index (κ1) is 19.3. The number of halogens is 3. The Balaban J connectivity index is 1.51. The summed E-state index contributed by atoms with van der Waals surface area (Å²) in [5.74, 6) is -1.04. The summed E-state index contributed by atoms with van der Waals surface area (Å²) in [5, 5.41) is 7.35. The van der Waals surface area contributed by atoms with Gasteiger partial charge in [-0.25, -0.2) is 4.98 Å². The van der Waals surface area contributed by atoms with Crippen molar-refractivity contribution in [3.05, 3.63) is 82.8 Å². The van der Waals surface area contributed by atoms with Gasteiger partial charge in [0.2, 0.25) is 5.89 Å². The number of hydrogen-bond acceptors (Lipinski definition) is 5. The van der Waals surface area contributed by atoms with Gasteiger partial charge in [-0.2, -0.15) is 8.78 Å². The molecule has 1 aliphatic rings. The van der Waals surface area contributed by atoms with Crippen LogP contribution in [-0.2, 0) is 6.54 Å². The van der Waals surface area contributed by atoms with Gasteiger partial charge in [0.05, 0.1) is 17.9 Å². The van der Waals surface area contributed by atoms with Crippen LogP contribution in [-0.4, -0.2) is 21.1 Å². The highest BCUT2D eigenvalue weighted by atomic mass is 35.5. The van der Waals surface area contributed by atoms with Crippen LogP contribution in [0.3, 0.4) is 0 Å². The fourth-order valence-electron chi connectivity index (χ4n) is 3.55. The number of rotatable bonds is 4. The maximum Gasteiger partial charge on any atom is 0.314 e. The summed E-state index contributed by atoms with van der Waals surface area (Å²) in [6.45, 7) is 0.359. The average Bonchev–Trinajstić information content (AvgIpc) is 3.39. The van der Waals surface area contributed by atoms with E-state index in [1.807, 2.05) is 30.3 Å². The van der Waals surface area contributed by atoms with Crippen molar-refractivity contribution in [3.63, 3.8) is 0 Å². The zero-order valence-corrected chi connectivity index (χ0v) is 16.6. The molecular weight excluding hydrogens is 426 g/mol. The van der Waals surface area contributed by atoms with E-state index in [0.717, 1.165) is 11.1 Å². The highest BCUT2D eigenvalue weighted by Gasteiger charge is 2.31. The van der Waals surface area contributed by atoms with Gasteiger partial charge in [0.25, 0.3) is 11.8 Å². The molecule has 0 bridgehead atoms. The van der Waals surface area contributed by atoms with Crippen LogP contribution in [0.25, 0.3) is 22.7 Å². The minimum absolute atomic E-state index is 0.0622. The first-order chi connectivity index (χ1) is 15.0. The van der Waals surface area contributed by atoms with Crippen LogP contribution in [0.15, 0.2) is 65.1 Å². The molecule has 1 aliphatic heterocycles. The van der Waals surface area contributed by atoms with Gasteiger partial charge in [-0.1, -0.05) is 41.9 Å². The predicted molar refractivity (Wildman–Crippen MR) is 110 cm³/mol. The second-order valence-electron chi connectivity index (χ2n) is 6.87. The van der Waals surface area contributed by atoms with Crippen LogP contribution in [0.2, 0.25) is 5.15 Å². The fourth-order valence-corrected chi connectivity index (χ4v) is 3.72. The first-order valence-electron chi connectivity index (χ1n) is 9.30. The van der Waals surface area contributed by atoms with Gasteiger partial charge in [0.1, 0.15) is 5.15 Å². The van der Waals surface area contributed by atoms with Crippen LogP contribution in [0.4, 0.5) is 14.5 Å². The summed E-state index contributed by atoms with van der Waals surface area (Å²) in [5.41, 5.74) is 3.76. The molecule has 0 saturated carbocycles. The predicted octanol–water partition coefficient (Wildman–Crippen LogP) is 5.55. The second kappa shape index (κ2) is 7.55. The lowest BCUT2D eigenvalue weighted by Crippen LogP contribution is -2.23. The zero-order chi connectivity index (χ0) is 21.5. The summed E-state index contributed by atoms with van der Waals surface area (Å²) < 4.78 is 30.5. The smallest absolute Gasteiger partial charge is 0.314 e. The number of amides is 1. The van der Waals surface area contributed by atoms with Crippen LogP contribution in [0.1, 0.15) is 28.2 Å². The van der Waals surface area contributed by atoms with Crippen molar-refractivity contribution in [3.8, 4) is 22.7 Å². The van der Waals surface area contributed by atoms with Gasteiger partial charge in [-0.15, -0.1) is 10.2 Å². The molecule has 6 nitrogen and oxygen atoms in total. The average molecular weight is 439 g/mol. The number of carbonyl (C=O) groups excluding carboxylic acids is 1. The molecule has 31 heavy (non-hydrogen) atoms. The van der Waals surface area contributed by atoms with Crippen molar-refractivity contribution in [1.29, 1.82) is 0 Å². The van der Waals surface area contributed by atoms with E-state index < -0.39 is 12.3 Å². The van der Waals surface area contributed by atoms with E-state index in [-0.39, 0.29) is 11.8 Å². The third-order valence-electron chi connectivity index (χ3n) is 4.97. The molecule has 0 aliphatic carbocycles. The van der Waals surface area contributed by atoms with Crippen LogP contribution in [0.5, 0.6) is 0 Å². The van der Waals surface area contributed by atoms with E-state index in [1.165, 1.54) is 0 Å². The molecule has 0 atom stereocenters. The molecular formula is C22H13ClF2N4O2. The van der Waals surface area contributed by atoms with Crippen molar-refractivity contribution in [2.24, 2.45) is 0 Å². The summed E-state index contributed by atoms with van der Waals surface area (Å²) in [4.78, 5) is 19.2. The molecule has 154 valence electrons. The lowest BCUT2D eigenvalue weighted by atomic mass is 10.1. The number of hydrogen-bond donors (Lipinski definition) is 0. The maximum absolute atomic E-state index is 13.2. The first-order valence-corrected chi connectivity index (χ1v) is 9.68. The van der Waals surface area contributed by atoms with Gasteiger partial charge >= 0.3 is 6.43 Å². The topological polar surface area (TPSA) is 72.1 Å². The lowest BCUT2D eigenvalue weighted by molar-refractivity contribution is 0.0996. The Morgan fingerprint density at radius 3 is 2.61 bits per heavy atom. The molecule has 1 amide bonds. The van der Waals surface area contributed by atoms with Crippen molar-refractivity contribution < 1.29 is 18.0 Å². The third kappa shape index (κ3) is 3.44. The minimum Gasteiger partial charge on any atom is -0.415 e. The number of aromatic nitrogens is 3. The number of benzene rings is 2. The number of nitrogens with zero attached hydrogens (tertiary/aromatic N) is 4. The van der Waals surface area contributed by atoms with E-state index in [4.69, 9.17) is 16.0 Å². The molecule has 2 aromatic heterocycles. The molecule has 2 aromatic carbocycles. The molecule has 9 heteroatoms. The van der Waals surface area contributed by atoms with Crippen LogP contribution >= 0.6 is 11.6 Å². The van der Waals surface area contributed by atoms with Gasteiger partial charge < -0.3 is 9.32 Å². The molecule has 0 fully saturated rings. The molecule has 0 unspecified atom stereocenters. The second-order valence-corrected chi connectivity index (χ2v) is 7.26. The Labute approximate surface area is 180 Å². The monoisotopic (exact) mass is 438 g/mol. The SMILES string of the molecule is O=C1c2cc(-c3nnc(C(F)F)o3)ccc2CN1c1ccccc1-c1cccc(Cl)n1. The summed E-state index contributed by atoms with van der Waals surface area (Å²) in [6, 6.07) is 17.7. The van der Waals surface area contributed by atoms with E-state index in [2.05, 4.69) is 15.2 Å². The summed E-state index contributed by atoms with van der Waals surface area (Å²) >= 11 is 6.05. The lowest BCUT2D eigenvalue weighted by Gasteiger charge is -2.19. The molecule has 0 N–H and O–H groups in total. The van der Waals surface area contributed by atoms with Crippen molar-refractivity contribution in [2.75, 3.05) is 4.90 Å². The molecule has 4 aromatic rings. The van der Waals surface area contributed by atoms with Gasteiger partial charge in [-0.05, 0) is 35.9 Å². The Bertz CT molecular complexity index is 1310. The summed E-state index contributed by atoms with van der Waals surface area (Å²) in [6.07, 6.45) is -2.86. The van der Waals surface area contributed by atoms with E-state index in [9.17, 15) is 13.6 Å². The van der Waals surface area contributed by atoms with Crippen molar-refractivity contribution >= 4 is 23.2 Å². The highest BCUT2D eigenvalue weighted by molar-refractivity contribution is 6.29. The van der Waals surface area contributed by atoms with Gasteiger partial charge in [0.15, 0.2) is 0 Å². The largest absolute Gasteiger partial charge is 0.415 e. The molecule has 5 rings (SSSR count). The maximum atomic E-state index is 13.2. The Hall–Kier alpha value is -3.65. The molecule has 3 heterocycles. The fraction of sp³-hybridized carbons (Fsp3) is 0.0909. The molecule has 0 spiro atoms. The Morgan fingerprint density at radius 2 is 1.84 bits per heavy atom. The standard InChI is InChI=1S/C22H13ClF2N4O2/c23-18-7-3-5-16(26-18)14-4-1-2-6-17(14)29-11-13-9-8-12(10-15(13)22(29)30)20-27-28-21(31-20)19(24)25/h1-10,19H,11H2. The quantitative estimate of drug-likeness (QED) is 0.390. The third-order valence-corrected chi connectivity index (χ3v) is 5.18. The number of anilines is 1. The number of alkyl halides is 2. The number of para-hydroxylation sites is 1. The normalized spacial score (nSPS) is 13.2. The Kier molecular flexibility index (Phi) is 4.71. The molecule has 0 saturated heterocycles. The van der Waals surface area contributed by atoms with E-state index >= 15 is 0 Å². The summed E-state index contributed by atoms with van der Waals surface area (Å²) in [7, 11) is 0. The van der Waals surface area contributed by atoms with Crippen molar-refractivity contribution in [2.45, 2.75) is 13.0 Å².